The number of hydrogen-bond donors (Lipinski definition) is 2. The van der Waals surface area contributed by atoms with E-state index in [-0.39, 0.29) is 12.1 Å². The van der Waals surface area contributed by atoms with Crippen molar-refractivity contribution >= 4 is 7.60 Å². The maximum atomic E-state index is 10.2. The average molecular weight is 150 g/mol. The molecule has 0 unspecified atom stereocenters. The second-order valence-electron chi connectivity index (χ2n) is 2.06. The van der Waals surface area contributed by atoms with Gasteiger partial charge in [0.25, 0.3) is 0 Å². The zero-order chi connectivity index (χ0) is 7.49. The molecule has 0 rings (SSSR count). The molecule has 4 heteroatoms. The minimum absolute atomic E-state index is 0.101. The van der Waals surface area contributed by atoms with Crippen molar-refractivity contribution in [2.45, 2.75) is 6.92 Å². The van der Waals surface area contributed by atoms with E-state index < -0.39 is 7.60 Å². The van der Waals surface area contributed by atoms with Crippen LogP contribution >= 0.6 is 7.60 Å². The van der Waals surface area contributed by atoms with Crippen molar-refractivity contribution in [2.75, 3.05) is 6.16 Å². The molecule has 0 fully saturated rings. The Balaban J connectivity index is 3.74. The Hall–Kier alpha value is -0.110. The Morgan fingerprint density at radius 2 is 2.22 bits per heavy atom. The van der Waals surface area contributed by atoms with Crippen LogP contribution in [0.1, 0.15) is 6.92 Å². The van der Waals surface area contributed by atoms with Crippen molar-refractivity contribution in [3.05, 3.63) is 12.7 Å². The van der Waals surface area contributed by atoms with Crippen LogP contribution in [0.25, 0.3) is 0 Å². The van der Waals surface area contributed by atoms with Gasteiger partial charge in [-0.15, -0.1) is 6.58 Å². The van der Waals surface area contributed by atoms with Crippen LogP contribution in [-0.2, 0) is 4.57 Å². The molecular weight excluding hydrogens is 139 g/mol. The predicted octanol–water partition coefficient (Wildman–Crippen LogP) is 0.986. The molecule has 9 heavy (non-hydrogen) atoms. The first-order chi connectivity index (χ1) is 3.95. The van der Waals surface area contributed by atoms with Gasteiger partial charge in [-0.2, -0.15) is 0 Å². The smallest absolute Gasteiger partial charge is 0.324 e. The molecule has 0 saturated carbocycles. The quantitative estimate of drug-likeness (QED) is 0.465. The summed E-state index contributed by atoms with van der Waals surface area (Å²) in [6, 6.07) is 0. The maximum Gasteiger partial charge on any atom is 0.326 e. The molecule has 0 aliphatic rings. The Bertz CT molecular complexity index is 137. The fourth-order valence-electron chi connectivity index (χ4n) is 0.450. The minimum atomic E-state index is -3.81. The molecule has 0 radical (unpaired) electrons. The van der Waals surface area contributed by atoms with E-state index >= 15 is 0 Å². The molecule has 0 amide bonds. The van der Waals surface area contributed by atoms with E-state index in [0.29, 0.717) is 0 Å². The Morgan fingerprint density at radius 1 is 1.78 bits per heavy atom. The second-order valence-corrected chi connectivity index (χ2v) is 3.75. The van der Waals surface area contributed by atoms with Crippen LogP contribution in [-0.4, -0.2) is 15.9 Å². The SMILES string of the molecule is C=C[C@H](C)CP(=O)(O)O. The molecule has 3 nitrogen and oxygen atoms in total. The highest BCUT2D eigenvalue weighted by Crippen LogP contribution is 2.36. The van der Waals surface area contributed by atoms with Gasteiger partial charge in [-0.05, 0) is 5.92 Å². The Morgan fingerprint density at radius 3 is 2.33 bits per heavy atom. The van der Waals surface area contributed by atoms with Gasteiger partial charge in [-0.1, -0.05) is 13.0 Å². The molecule has 0 aromatic heterocycles. The van der Waals surface area contributed by atoms with Gasteiger partial charge in [0.2, 0.25) is 0 Å². The lowest BCUT2D eigenvalue weighted by molar-refractivity contribution is 0.368. The predicted molar refractivity (Wildman–Crippen MR) is 36.3 cm³/mol. The summed E-state index contributed by atoms with van der Waals surface area (Å²) in [4.78, 5) is 16.8. The number of hydrogen-bond acceptors (Lipinski definition) is 1. The lowest BCUT2D eigenvalue weighted by Crippen LogP contribution is -1.97. The molecule has 0 aromatic carbocycles. The summed E-state index contributed by atoms with van der Waals surface area (Å²) in [5.74, 6) is -0.106. The van der Waals surface area contributed by atoms with Gasteiger partial charge in [0, 0.05) is 0 Å². The molecule has 0 heterocycles. The first kappa shape index (κ1) is 8.89. The minimum Gasteiger partial charge on any atom is -0.324 e. The van der Waals surface area contributed by atoms with Crippen molar-refractivity contribution in [1.29, 1.82) is 0 Å². The highest BCUT2D eigenvalue weighted by molar-refractivity contribution is 7.51. The van der Waals surface area contributed by atoms with Crippen LogP contribution in [0.15, 0.2) is 12.7 Å². The van der Waals surface area contributed by atoms with Crippen LogP contribution in [0.2, 0.25) is 0 Å². The van der Waals surface area contributed by atoms with Gasteiger partial charge in [-0.25, -0.2) is 0 Å². The van der Waals surface area contributed by atoms with Crippen molar-refractivity contribution < 1.29 is 14.4 Å². The lowest BCUT2D eigenvalue weighted by Gasteiger charge is -2.05. The summed E-state index contributed by atoms with van der Waals surface area (Å²) in [6.45, 7) is 5.12. The first-order valence-corrected chi connectivity index (χ1v) is 4.42. The Kier molecular flexibility index (Phi) is 3.12. The molecule has 0 saturated heterocycles. The van der Waals surface area contributed by atoms with Crippen molar-refractivity contribution in [1.82, 2.24) is 0 Å². The molecule has 0 aliphatic carbocycles. The van der Waals surface area contributed by atoms with Crippen LogP contribution in [0.5, 0.6) is 0 Å². The molecule has 0 aliphatic heterocycles. The molecule has 0 aromatic rings. The summed E-state index contributed by atoms with van der Waals surface area (Å²) in [5.41, 5.74) is 0. The van der Waals surface area contributed by atoms with Gasteiger partial charge in [0.05, 0.1) is 6.16 Å². The van der Waals surface area contributed by atoms with Gasteiger partial charge in [0.1, 0.15) is 0 Å². The van der Waals surface area contributed by atoms with Gasteiger partial charge in [-0.3, -0.25) is 4.57 Å². The van der Waals surface area contributed by atoms with Gasteiger partial charge < -0.3 is 9.79 Å². The average Bonchev–Trinajstić information content (AvgIpc) is 1.62. The van der Waals surface area contributed by atoms with Crippen LogP contribution in [0.4, 0.5) is 0 Å². The van der Waals surface area contributed by atoms with Gasteiger partial charge >= 0.3 is 7.60 Å². The van der Waals surface area contributed by atoms with Crippen LogP contribution in [0.3, 0.4) is 0 Å². The molecule has 0 bridgehead atoms. The van der Waals surface area contributed by atoms with E-state index in [2.05, 4.69) is 6.58 Å². The number of rotatable bonds is 3. The fraction of sp³-hybridized carbons (Fsp3) is 0.600. The lowest BCUT2D eigenvalue weighted by atomic mass is 10.2. The highest BCUT2D eigenvalue weighted by atomic mass is 31.2. The van der Waals surface area contributed by atoms with Crippen molar-refractivity contribution in [3.8, 4) is 0 Å². The number of allylic oxidation sites excluding steroid dienone is 1. The topological polar surface area (TPSA) is 57.5 Å². The summed E-state index contributed by atoms with van der Waals surface area (Å²) < 4.78 is 10.2. The molecular formula is C5H11O3P. The standard InChI is InChI=1S/C5H11O3P/c1-3-5(2)4-9(6,7)8/h3,5H,1,4H2,2H3,(H2,6,7,8)/t5-/m0/s1. The summed E-state index contributed by atoms with van der Waals surface area (Å²) >= 11 is 0. The summed E-state index contributed by atoms with van der Waals surface area (Å²) in [7, 11) is -3.81. The third kappa shape index (κ3) is 5.77. The van der Waals surface area contributed by atoms with Gasteiger partial charge in [0.15, 0.2) is 0 Å². The molecule has 1 atom stereocenters. The maximum absolute atomic E-state index is 10.2. The van der Waals surface area contributed by atoms with Crippen molar-refractivity contribution in [3.63, 3.8) is 0 Å². The third-order valence-electron chi connectivity index (χ3n) is 0.928. The normalized spacial score (nSPS) is 15.0. The van der Waals surface area contributed by atoms with E-state index in [1.807, 2.05) is 0 Å². The first-order valence-electron chi connectivity index (χ1n) is 2.63. The fourth-order valence-corrected chi connectivity index (χ4v) is 1.35. The van der Waals surface area contributed by atoms with E-state index in [4.69, 9.17) is 9.79 Å². The Labute approximate surface area is 54.6 Å². The second kappa shape index (κ2) is 3.16. The molecule has 0 spiro atoms. The third-order valence-corrected chi connectivity index (χ3v) is 1.98. The van der Waals surface area contributed by atoms with Crippen LogP contribution < -0.4 is 0 Å². The zero-order valence-electron chi connectivity index (χ0n) is 5.32. The van der Waals surface area contributed by atoms with E-state index in [1.54, 1.807) is 6.92 Å². The zero-order valence-corrected chi connectivity index (χ0v) is 6.21. The molecule has 2 N–H and O–H groups in total. The van der Waals surface area contributed by atoms with E-state index in [1.165, 1.54) is 6.08 Å². The van der Waals surface area contributed by atoms with E-state index in [9.17, 15) is 4.57 Å². The van der Waals surface area contributed by atoms with E-state index in [0.717, 1.165) is 0 Å². The molecule has 54 valence electrons. The van der Waals surface area contributed by atoms with Crippen LogP contribution in [0, 0.1) is 5.92 Å². The van der Waals surface area contributed by atoms with Crippen molar-refractivity contribution in [2.24, 2.45) is 5.92 Å². The monoisotopic (exact) mass is 150 g/mol. The summed E-state index contributed by atoms with van der Waals surface area (Å²) in [6.07, 6.45) is 1.43. The largest absolute Gasteiger partial charge is 0.326 e. The summed E-state index contributed by atoms with van der Waals surface area (Å²) in [5, 5.41) is 0. The highest BCUT2D eigenvalue weighted by Gasteiger charge is 2.15.